The van der Waals surface area contributed by atoms with Gasteiger partial charge in [-0.05, 0) is 31.0 Å². The molecular weight excluding hydrogens is 421 g/mol. The van der Waals surface area contributed by atoms with Crippen molar-refractivity contribution in [2.24, 2.45) is 5.73 Å². The van der Waals surface area contributed by atoms with Gasteiger partial charge >= 0.3 is 0 Å². The van der Waals surface area contributed by atoms with Crippen LogP contribution in [0.25, 0.3) is 0 Å². The number of benzene rings is 1. The Morgan fingerprint density at radius 2 is 1.96 bits per heavy atom. The molecule has 0 spiro atoms. The molecule has 0 aliphatic rings. The minimum absolute atomic E-state index is 0. The van der Waals surface area contributed by atoms with Gasteiger partial charge in [0.2, 0.25) is 5.91 Å². The second-order valence-corrected chi connectivity index (χ2v) is 7.08. The molecule has 1 unspecified atom stereocenters. The molecule has 128 valence electrons. The van der Waals surface area contributed by atoms with Crippen molar-refractivity contribution in [2.45, 2.75) is 32.4 Å². The number of carbonyl (C=O) groups is 1. The lowest BCUT2D eigenvalue weighted by molar-refractivity contribution is -0.126. The molecule has 0 radical (unpaired) electrons. The smallest absolute Gasteiger partial charge is 0.244 e. The number of nitrogens with zero attached hydrogens (tertiary/aromatic N) is 1. The summed E-state index contributed by atoms with van der Waals surface area (Å²) in [4.78, 5) is 17.8. The van der Waals surface area contributed by atoms with E-state index in [9.17, 15) is 4.79 Å². The van der Waals surface area contributed by atoms with E-state index in [0.717, 1.165) is 21.5 Å². The van der Waals surface area contributed by atoms with Crippen molar-refractivity contribution in [3.05, 3.63) is 50.4 Å². The third-order valence-electron chi connectivity index (χ3n) is 3.27. The molecule has 1 aromatic heterocycles. The van der Waals surface area contributed by atoms with Gasteiger partial charge in [-0.2, -0.15) is 0 Å². The van der Waals surface area contributed by atoms with E-state index in [0.29, 0.717) is 6.54 Å². The molecule has 1 amide bonds. The standard InChI is InChI=1S/C15H18BrN3OS.2ClH/c1-3-12-8-18-13(21-12)9-19-14(20)15(2,17)10-4-6-11(16)7-5-10;;/h4-8H,3,9,17H2,1-2H3,(H,19,20);2*1H. The van der Waals surface area contributed by atoms with Crippen LogP contribution in [0, 0.1) is 0 Å². The first kappa shape index (κ1) is 22.3. The maximum atomic E-state index is 12.3. The molecule has 0 fully saturated rings. The molecule has 4 nitrogen and oxygen atoms in total. The quantitative estimate of drug-likeness (QED) is 0.742. The van der Waals surface area contributed by atoms with Crippen LogP contribution in [0.3, 0.4) is 0 Å². The lowest BCUT2D eigenvalue weighted by atomic mass is 9.92. The van der Waals surface area contributed by atoms with Crippen molar-refractivity contribution in [2.75, 3.05) is 0 Å². The number of aromatic nitrogens is 1. The van der Waals surface area contributed by atoms with Crippen LogP contribution in [0.2, 0.25) is 0 Å². The molecule has 1 aromatic carbocycles. The predicted octanol–water partition coefficient (Wildman–Crippen LogP) is 3.80. The normalized spacial score (nSPS) is 12.5. The lowest BCUT2D eigenvalue weighted by Crippen LogP contribution is -2.48. The number of carbonyl (C=O) groups excluding carboxylic acids is 1. The Balaban J connectivity index is 0.00000242. The number of hydrogen-bond donors (Lipinski definition) is 2. The molecule has 1 heterocycles. The molecule has 0 saturated heterocycles. The Morgan fingerprint density at radius 1 is 1.35 bits per heavy atom. The second-order valence-electron chi connectivity index (χ2n) is 4.97. The number of nitrogens with two attached hydrogens (primary N) is 1. The van der Waals surface area contributed by atoms with E-state index in [1.807, 2.05) is 30.5 Å². The fourth-order valence-corrected chi connectivity index (χ4v) is 2.93. The summed E-state index contributed by atoms with van der Waals surface area (Å²) >= 11 is 4.98. The van der Waals surface area contributed by atoms with Gasteiger partial charge in [0, 0.05) is 15.5 Å². The van der Waals surface area contributed by atoms with E-state index >= 15 is 0 Å². The summed E-state index contributed by atoms with van der Waals surface area (Å²) in [6.07, 6.45) is 2.81. The average molecular weight is 441 g/mol. The largest absolute Gasteiger partial charge is 0.348 e. The Kier molecular flexibility index (Phi) is 9.32. The second kappa shape index (κ2) is 9.59. The zero-order chi connectivity index (χ0) is 15.5. The van der Waals surface area contributed by atoms with Crippen LogP contribution in [0.4, 0.5) is 0 Å². The topological polar surface area (TPSA) is 68.0 Å². The highest BCUT2D eigenvalue weighted by Crippen LogP contribution is 2.21. The first-order valence-corrected chi connectivity index (χ1v) is 8.31. The Morgan fingerprint density at radius 3 is 2.48 bits per heavy atom. The van der Waals surface area contributed by atoms with Crippen LogP contribution in [0.5, 0.6) is 0 Å². The van der Waals surface area contributed by atoms with Gasteiger partial charge in [-0.25, -0.2) is 4.98 Å². The molecule has 23 heavy (non-hydrogen) atoms. The monoisotopic (exact) mass is 439 g/mol. The summed E-state index contributed by atoms with van der Waals surface area (Å²) in [5, 5.41) is 3.76. The first-order chi connectivity index (χ1) is 9.93. The highest BCUT2D eigenvalue weighted by atomic mass is 79.9. The zero-order valence-corrected chi connectivity index (χ0v) is 16.9. The molecule has 1 atom stereocenters. The van der Waals surface area contributed by atoms with Gasteiger partial charge in [-0.3, -0.25) is 4.79 Å². The Hall–Kier alpha value is -0.660. The van der Waals surface area contributed by atoms with E-state index in [2.05, 4.69) is 33.2 Å². The molecule has 0 bridgehead atoms. The van der Waals surface area contributed by atoms with Crippen molar-refractivity contribution in [1.82, 2.24) is 10.3 Å². The molecule has 2 aromatic rings. The van der Waals surface area contributed by atoms with Gasteiger partial charge in [0.1, 0.15) is 10.5 Å². The molecule has 8 heteroatoms. The molecule has 0 aliphatic heterocycles. The van der Waals surface area contributed by atoms with Gasteiger partial charge in [0.15, 0.2) is 0 Å². The Labute approximate surface area is 161 Å². The predicted molar refractivity (Wildman–Crippen MR) is 104 cm³/mol. The van der Waals surface area contributed by atoms with Crippen molar-refractivity contribution in [3.63, 3.8) is 0 Å². The summed E-state index contributed by atoms with van der Waals surface area (Å²) in [5.74, 6) is -0.210. The summed E-state index contributed by atoms with van der Waals surface area (Å²) in [6.45, 7) is 4.21. The van der Waals surface area contributed by atoms with Gasteiger partial charge in [-0.1, -0.05) is 35.0 Å². The van der Waals surface area contributed by atoms with Gasteiger partial charge in [0.25, 0.3) is 0 Å². The van der Waals surface area contributed by atoms with Crippen LogP contribution in [-0.4, -0.2) is 10.9 Å². The van der Waals surface area contributed by atoms with E-state index in [1.165, 1.54) is 4.88 Å². The van der Waals surface area contributed by atoms with E-state index in [4.69, 9.17) is 5.73 Å². The number of halogens is 3. The average Bonchev–Trinajstić information content (AvgIpc) is 2.93. The maximum absolute atomic E-state index is 12.3. The van der Waals surface area contributed by atoms with Crippen molar-refractivity contribution >= 4 is 58.0 Å². The molecule has 0 aliphatic carbocycles. The van der Waals surface area contributed by atoms with E-state index < -0.39 is 5.54 Å². The third-order valence-corrected chi connectivity index (χ3v) is 4.94. The van der Waals surface area contributed by atoms with Crippen LogP contribution >= 0.6 is 52.1 Å². The van der Waals surface area contributed by atoms with E-state index in [-0.39, 0.29) is 30.7 Å². The molecule has 2 rings (SSSR count). The van der Waals surface area contributed by atoms with Crippen LogP contribution in [-0.2, 0) is 23.3 Å². The van der Waals surface area contributed by atoms with Crippen molar-refractivity contribution in [1.29, 1.82) is 0 Å². The van der Waals surface area contributed by atoms with Crippen LogP contribution in [0.15, 0.2) is 34.9 Å². The summed E-state index contributed by atoms with van der Waals surface area (Å²) in [5.41, 5.74) is 5.89. The summed E-state index contributed by atoms with van der Waals surface area (Å²) in [7, 11) is 0. The van der Waals surface area contributed by atoms with Crippen molar-refractivity contribution < 1.29 is 4.79 Å². The number of aryl methyl sites for hydroxylation is 1. The molecular formula is C15H20BrCl2N3OS. The number of hydrogen-bond acceptors (Lipinski definition) is 4. The summed E-state index contributed by atoms with van der Waals surface area (Å²) < 4.78 is 0.956. The number of thiazole rings is 1. The highest BCUT2D eigenvalue weighted by Gasteiger charge is 2.30. The first-order valence-electron chi connectivity index (χ1n) is 6.70. The number of amides is 1. The lowest BCUT2D eigenvalue weighted by Gasteiger charge is -2.24. The van der Waals surface area contributed by atoms with E-state index in [1.54, 1.807) is 18.3 Å². The van der Waals surface area contributed by atoms with Gasteiger partial charge in [0.05, 0.1) is 6.54 Å². The Bertz CT molecular complexity index is 632. The van der Waals surface area contributed by atoms with Crippen molar-refractivity contribution in [3.8, 4) is 0 Å². The minimum Gasteiger partial charge on any atom is -0.348 e. The molecule has 0 saturated carbocycles. The van der Waals surface area contributed by atoms with Crippen LogP contribution in [0.1, 0.15) is 29.3 Å². The minimum atomic E-state index is -1.06. The highest BCUT2D eigenvalue weighted by molar-refractivity contribution is 9.10. The molecule has 3 N–H and O–H groups in total. The zero-order valence-electron chi connectivity index (χ0n) is 12.8. The fourth-order valence-electron chi connectivity index (χ4n) is 1.86. The van der Waals surface area contributed by atoms with Gasteiger partial charge < -0.3 is 11.1 Å². The van der Waals surface area contributed by atoms with Crippen LogP contribution < -0.4 is 11.1 Å². The maximum Gasteiger partial charge on any atom is 0.244 e. The number of rotatable bonds is 5. The SMILES string of the molecule is CCc1cnc(CNC(=O)C(C)(N)c2ccc(Br)cc2)s1.Cl.Cl. The third kappa shape index (κ3) is 5.72. The fraction of sp³-hybridized carbons (Fsp3) is 0.333. The summed E-state index contributed by atoms with van der Waals surface area (Å²) in [6, 6.07) is 7.45. The van der Waals surface area contributed by atoms with Gasteiger partial charge in [-0.15, -0.1) is 36.2 Å². The number of nitrogens with one attached hydrogen (secondary N) is 1.